The number of aliphatic hydroxyl groups excluding tert-OH is 1. The quantitative estimate of drug-likeness (QED) is 0.877. The molecule has 5 nitrogen and oxygen atoms in total. The fourth-order valence-corrected chi connectivity index (χ4v) is 4.88. The Bertz CT molecular complexity index is 671. The number of likely N-dealkylation sites (tertiary alicyclic amines) is 2. The lowest BCUT2D eigenvalue weighted by Crippen LogP contribution is -2.58. The second-order valence-corrected chi connectivity index (χ2v) is 8.02. The molecule has 0 unspecified atom stereocenters. The highest BCUT2D eigenvalue weighted by Crippen LogP contribution is 2.50. The van der Waals surface area contributed by atoms with Crippen LogP contribution in [0.1, 0.15) is 44.1 Å². The van der Waals surface area contributed by atoms with Crippen molar-refractivity contribution < 1.29 is 14.7 Å². The van der Waals surface area contributed by atoms with Crippen molar-refractivity contribution in [3.63, 3.8) is 0 Å². The first-order valence-electron chi connectivity index (χ1n) is 9.91. The zero-order valence-electron chi connectivity index (χ0n) is 15.3. The van der Waals surface area contributed by atoms with Gasteiger partial charge in [0.1, 0.15) is 0 Å². The molecule has 1 aromatic rings. The van der Waals surface area contributed by atoms with Crippen LogP contribution in [-0.2, 0) is 15.0 Å². The van der Waals surface area contributed by atoms with Gasteiger partial charge in [-0.25, -0.2) is 0 Å². The van der Waals surface area contributed by atoms with Crippen molar-refractivity contribution in [2.45, 2.75) is 50.0 Å². The summed E-state index contributed by atoms with van der Waals surface area (Å²) in [5.74, 6) is 0.860. The van der Waals surface area contributed by atoms with Gasteiger partial charge >= 0.3 is 0 Å². The minimum absolute atomic E-state index is 0.116. The predicted octanol–water partition coefficient (Wildman–Crippen LogP) is 1.94. The number of carbonyl (C=O) groups is 2. The van der Waals surface area contributed by atoms with E-state index in [0.29, 0.717) is 25.3 Å². The highest BCUT2D eigenvalue weighted by atomic mass is 16.3. The van der Waals surface area contributed by atoms with Gasteiger partial charge in [-0.15, -0.1) is 0 Å². The first-order valence-corrected chi connectivity index (χ1v) is 9.91. The molecule has 140 valence electrons. The smallest absolute Gasteiger partial charge is 0.233 e. The zero-order valence-corrected chi connectivity index (χ0v) is 15.3. The Morgan fingerprint density at radius 3 is 2.65 bits per heavy atom. The largest absolute Gasteiger partial charge is 0.396 e. The lowest BCUT2D eigenvalue weighted by atomic mass is 9.82. The van der Waals surface area contributed by atoms with Crippen LogP contribution in [0.2, 0.25) is 0 Å². The van der Waals surface area contributed by atoms with Gasteiger partial charge in [-0.05, 0) is 43.6 Å². The van der Waals surface area contributed by atoms with Gasteiger partial charge in [0, 0.05) is 38.7 Å². The Balaban J connectivity index is 1.45. The summed E-state index contributed by atoms with van der Waals surface area (Å²) in [7, 11) is 0. The number of aliphatic hydroxyl groups is 1. The van der Waals surface area contributed by atoms with E-state index in [0.717, 1.165) is 44.3 Å². The third-order valence-electron chi connectivity index (χ3n) is 6.47. The van der Waals surface area contributed by atoms with Gasteiger partial charge in [0.15, 0.2) is 0 Å². The molecule has 2 heterocycles. The Labute approximate surface area is 155 Å². The van der Waals surface area contributed by atoms with Crippen LogP contribution in [0.4, 0.5) is 0 Å². The number of nitrogens with zero attached hydrogens (tertiary/aromatic N) is 2. The Morgan fingerprint density at radius 1 is 1.19 bits per heavy atom. The number of rotatable bonds is 5. The van der Waals surface area contributed by atoms with Gasteiger partial charge in [-0.1, -0.05) is 30.3 Å². The van der Waals surface area contributed by atoms with E-state index >= 15 is 0 Å². The van der Waals surface area contributed by atoms with E-state index in [1.165, 1.54) is 0 Å². The van der Waals surface area contributed by atoms with Crippen LogP contribution < -0.4 is 0 Å². The van der Waals surface area contributed by atoms with E-state index in [-0.39, 0.29) is 29.9 Å². The highest BCUT2D eigenvalue weighted by molar-refractivity contribution is 5.91. The zero-order chi connectivity index (χ0) is 18.1. The van der Waals surface area contributed by atoms with Gasteiger partial charge in [-0.3, -0.25) is 9.59 Å². The monoisotopic (exact) mass is 356 g/mol. The first kappa shape index (κ1) is 17.5. The van der Waals surface area contributed by atoms with E-state index in [1.54, 1.807) is 0 Å². The van der Waals surface area contributed by atoms with Crippen LogP contribution in [0.5, 0.6) is 0 Å². The van der Waals surface area contributed by atoms with Crippen molar-refractivity contribution in [1.82, 2.24) is 9.80 Å². The van der Waals surface area contributed by atoms with E-state index in [4.69, 9.17) is 5.11 Å². The van der Waals surface area contributed by atoms with Gasteiger partial charge < -0.3 is 14.9 Å². The number of amides is 2. The van der Waals surface area contributed by atoms with Gasteiger partial charge in [0.05, 0.1) is 5.41 Å². The molecule has 2 amide bonds. The van der Waals surface area contributed by atoms with E-state index < -0.39 is 0 Å². The molecule has 2 aliphatic heterocycles. The number of benzene rings is 1. The molecule has 3 fully saturated rings. The molecular formula is C21H28N2O3. The molecule has 4 rings (SSSR count). The molecule has 0 bridgehead atoms. The molecule has 0 aromatic heterocycles. The molecule has 26 heavy (non-hydrogen) atoms. The topological polar surface area (TPSA) is 60.9 Å². The lowest BCUT2D eigenvalue weighted by Gasteiger charge is -2.47. The fraction of sp³-hybridized carbons (Fsp3) is 0.619. The summed E-state index contributed by atoms with van der Waals surface area (Å²) >= 11 is 0. The summed E-state index contributed by atoms with van der Waals surface area (Å²) < 4.78 is 0. The third-order valence-corrected chi connectivity index (χ3v) is 6.47. The van der Waals surface area contributed by atoms with Crippen LogP contribution in [-0.4, -0.2) is 59.0 Å². The number of fused-ring (bicyclic) bond motifs is 1. The SMILES string of the molecule is O=C1CC[C@H]2CN(C(=O)C3(c4ccccc4)CC3)CC[C@H]2N1CCCO. The van der Waals surface area contributed by atoms with Crippen molar-refractivity contribution in [1.29, 1.82) is 0 Å². The Kier molecular flexibility index (Phi) is 4.74. The standard InChI is InChI=1S/C21H28N2O3/c24-14-4-12-23-18-9-13-22(15-16(18)7-8-19(23)25)20(26)21(10-11-21)17-5-2-1-3-6-17/h1-3,5-6,16,18,24H,4,7-15H2/t16-,18+/m0/s1. The minimum Gasteiger partial charge on any atom is -0.396 e. The summed E-state index contributed by atoms with van der Waals surface area (Å²) in [6.07, 6.45) is 4.83. The average Bonchev–Trinajstić information content (AvgIpc) is 3.49. The number of hydrogen-bond acceptors (Lipinski definition) is 3. The van der Waals surface area contributed by atoms with Gasteiger partial charge in [0.25, 0.3) is 0 Å². The average molecular weight is 356 g/mol. The molecule has 1 aromatic carbocycles. The second-order valence-electron chi connectivity index (χ2n) is 8.02. The molecule has 5 heteroatoms. The summed E-state index contributed by atoms with van der Waals surface area (Å²) in [6.45, 7) is 2.25. The molecule has 1 N–H and O–H groups in total. The number of carbonyl (C=O) groups excluding carboxylic acids is 2. The Hall–Kier alpha value is -1.88. The third kappa shape index (κ3) is 3.02. The van der Waals surface area contributed by atoms with Gasteiger partial charge in [0.2, 0.25) is 11.8 Å². The van der Waals surface area contributed by atoms with Crippen LogP contribution in [0, 0.1) is 5.92 Å². The van der Waals surface area contributed by atoms with E-state index in [1.807, 2.05) is 23.1 Å². The molecule has 2 atom stereocenters. The molecule has 1 saturated carbocycles. The van der Waals surface area contributed by atoms with Gasteiger partial charge in [-0.2, -0.15) is 0 Å². The maximum atomic E-state index is 13.3. The molecular weight excluding hydrogens is 328 g/mol. The maximum absolute atomic E-state index is 13.3. The molecule has 3 aliphatic rings. The van der Waals surface area contributed by atoms with E-state index in [2.05, 4.69) is 17.0 Å². The van der Waals surface area contributed by atoms with Crippen molar-refractivity contribution in [3.05, 3.63) is 35.9 Å². The molecule has 1 aliphatic carbocycles. The minimum atomic E-state index is -0.296. The first-order chi connectivity index (χ1) is 12.7. The second kappa shape index (κ2) is 7.03. The van der Waals surface area contributed by atoms with Crippen LogP contribution in [0.25, 0.3) is 0 Å². The number of piperidine rings is 2. The number of hydrogen-bond donors (Lipinski definition) is 1. The molecule has 0 spiro atoms. The Morgan fingerprint density at radius 2 is 1.96 bits per heavy atom. The van der Waals surface area contributed by atoms with Crippen LogP contribution in [0.3, 0.4) is 0 Å². The fourth-order valence-electron chi connectivity index (χ4n) is 4.88. The normalized spacial score (nSPS) is 27.2. The summed E-state index contributed by atoms with van der Waals surface area (Å²) in [6, 6.07) is 10.4. The summed E-state index contributed by atoms with van der Waals surface area (Å²) in [5.41, 5.74) is 0.852. The highest BCUT2D eigenvalue weighted by Gasteiger charge is 2.54. The predicted molar refractivity (Wildman–Crippen MR) is 98.5 cm³/mol. The van der Waals surface area contributed by atoms with Crippen molar-refractivity contribution in [2.24, 2.45) is 5.92 Å². The van der Waals surface area contributed by atoms with Crippen LogP contribution in [0.15, 0.2) is 30.3 Å². The maximum Gasteiger partial charge on any atom is 0.233 e. The molecule has 2 saturated heterocycles. The molecule has 0 radical (unpaired) electrons. The van der Waals surface area contributed by atoms with E-state index in [9.17, 15) is 9.59 Å². The lowest BCUT2D eigenvalue weighted by molar-refractivity contribution is -0.145. The summed E-state index contributed by atoms with van der Waals surface area (Å²) in [4.78, 5) is 29.6. The van der Waals surface area contributed by atoms with Crippen molar-refractivity contribution in [3.8, 4) is 0 Å². The van der Waals surface area contributed by atoms with Crippen LogP contribution >= 0.6 is 0 Å². The van der Waals surface area contributed by atoms with Crippen molar-refractivity contribution in [2.75, 3.05) is 26.2 Å². The summed E-state index contributed by atoms with van der Waals surface area (Å²) in [5, 5.41) is 9.11. The van der Waals surface area contributed by atoms with Crippen molar-refractivity contribution >= 4 is 11.8 Å².